The molecule has 0 amide bonds. The van der Waals surface area contributed by atoms with Crippen molar-refractivity contribution in [1.29, 1.82) is 0 Å². The summed E-state index contributed by atoms with van der Waals surface area (Å²) in [5.41, 5.74) is 11.2. The largest absolute Gasteiger partial charge is 0.457 e. The van der Waals surface area contributed by atoms with Crippen LogP contribution >= 0.6 is 0 Å². The summed E-state index contributed by atoms with van der Waals surface area (Å²) in [6.45, 7) is 18.1. The SMILES string of the molecule is [2H]C([2H])([2H])c1cc(-c2cccc3c4ccccc4c4ccccc4c4cccc5c4n(c23)CN5c2cc(Oc3ccc4c5ccccc5n(-c5cc(C(C)(C)C)ccn5)c4c3)cc(C(C)(C)C)c2)cc(C(C)(C)C)c1. The maximum atomic E-state index is 8.67. The van der Waals surface area contributed by atoms with E-state index in [-0.39, 0.29) is 16.2 Å². The highest BCUT2D eigenvalue weighted by Gasteiger charge is 2.28. The second-order valence-corrected chi connectivity index (χ2v) is 22.8. The number of ether oxygens (including phenoxy) is 1. The molecule has 0 N–H and O–H groups in total. The van der Waals surface area contributed by atoms with E-state index in [1.165, 1.54) is 5.56 Å². The Morgan fingerprint density at radius 3 is 1.75 bits per heavy atom. The van der Waals surface area contributed by atoms with Crippen LogP contribution in [0.4, 0.5) is 11.4 Å². The van der Waals surface area contributed by atoms with Crippen LogP contribution in [0.3, 0.4) is 0 Å². The van der Waals surface area contributed by atoms with Gasteiger partial charge in [0.25, 0.3) is 0 Å². The minimum Gasteiger partial charge on any atom is -0.457 e. The molecule has 0 spiro atoms. The summed E-state index contributed by atoms with van der Waals surface area (Å²) in [7, 11) is 0. The van der Waals surface area contributed by atoms with Crippen LogP contribution in [0, 0.1) is 6.85 Å². The molecular formula is C67H62N4O. The van der Waals surface area contributed by atoms with Crippen molar-refractivity contribution < 1.29 is 8.85 Å². The van der Waals surface area contributed by atoms with Crippen LogP contribution in [0.25, 0.3) is 82.1 Å². The molecule has 356 valence electrons. The van der Waals surface area contributed by atoms with Crippen LogP contribution in [0.5, 0.6) is 11.5 Å². The quantitative estimate of drug-likeness (QED) is 0.172. The number of nitrogens with zero attached hydrogens (tertiary/aromatic N) is 4. The number of aromatic nitrogens is 3. The van der Waals surface area contributed by atoms with Gasteiger partial charge in [0, 0.05) is 55.2 Å². The molecule has 5 heteroatoms. The van der Waals surface area contributed by atoms with Gasteiger partial charge in [-0.3, -0.25) is 4.57 Å². The van der Waals surface area contributed by atoms with Gasteiger partial charge in [0.2, 0.25) is 0 Å². The Morgan fingerprint density at radius 2 is 1.07 bits per heavy atom. The van der Waals surface area contributed by atoms with Gasteiger partial charge in [0.05, 0.1) is 27.8 Å². The van der Waals surface area contributed by atoms with Crippen LogP contribution in [0.2, 0.25) is 0 Å². The smallest absolute Gasteiger partial charge is 0.137 e. The van der Waals surface area contributed by atoms with Crippen LogP contribution in [0.15, 0.2) is 182 Å². The fourth-order valence-corrected chi connectivity index (χ4v) is 11.0. The molecule has 0 bridgehead atoms. The number of rotatable bonds is 5. The summed E-state index contributed by atoms with van der Waals surface area (Å²) in [5.74, 6) is 2.34. The second kappa shape index (κ2) is 16.6. The third-order valence-electron chi connectivity index (χ3n) is 14.8. The van der Waals surface area contributed by atoms with Gasteiger partial charge >= 0.3 is 0 Å². The lowest BCUT2D eigenvalue weighted by Crippen LogP contribution is -2.17. The zero-order chi connectivity index (χ0) is 52.3. The summed E-state index contributed by atoms with van der Waals surface area (Å²) < 4.78 is 37.8. The highest BCUT2D eigenvalue weighted by molar-refractivity contribution is 6.22. The number of para-hydroxylation sites is 3. The monoisotopic (exact) mass is 942 g/mol. The lowest BCUT2D eigenvalue weighted by Gasteiger charge is -2.26. The van der Waals surface area contributed by atoms with Crippen molar-refractivity contribution in [3.05, 3.63) is 204 Å². The topological polar surface area (TPSA) is 35.2 Å². The molecule has 0 fully saturated rings. The Morgan fingerprint density at radius 1 is 0.472 bits per heavy atom. The zero-order valence-corrected chi connectivity index (χ0v) is 42.7. The molecule has 0 saturated carbocycles. The van der Waals surface area contributed by atoms with Crippen LogP contribution < -0.4 is 9.64 Å². The third kappa shape index (κ3) is 7.65. The molecule has 0 atom stereocenters. The number of hydrogen-bond donors (Lipinski definition) is 0. The molecule has 5 nitrogen and oxygen atoms in total. The van der Waals surface area contributed by atoms with Gasteiger partial charge in [-0.1, -0.05) is 183 Å². The highest BCUT2D eigenvalue weighted by Crippen LogP contribution is 2.47. The lowest BCUT2D eigenvalue weighted by atomic mass is 9.84. The third-order valence-corrected chi connectivity index (χ3v) is 14.8. The normalized spacial score (nSPS) is 13.8. The molecule has 0 aliphatic carbocycles. The first-order valence-corrected chi connectivity index (χ1v) is 25.2. The maximum Gasteiger partial charge on any atom is 0.137 e. The van der Waals surface area contributed by atoms with Crippen LogP contribution in [-0.4, -0.2) is 14.1 Å². The van der Waals surface area contributed by atoms with Gasteiger partial charge in [-0.2, -0.15) is 0 Å². The number of benzene rings is 8. The van der Waals surface area contributed by atoms with Crippen molar-refractivity contribution in [2.45, 2.75) is 92.1 Å². The minimum atomic E-state index is -2.30. The zero-order valence-electron chi connectivity index (χ0n) is 45.7. The molecule has 4 heterocycles. The van der Waals surface area contributed by atoms with E-state index in [9.17, 15) is 0 Å². The first-order valence-electron chi connectivity index (χ1n) is 26.7. The summed E-state index contributed by atoms with van der Waals surface area (Å²) in [5, 5.41) is 9.01. The molecule has 11 aromatic rings. The standard InChI is InChI=1S/C67H62N4O/c1-42-33-43(35-45(34-42)66(5,6)7)50-24-17-25-57-53-21-13-11-19-51(53)52-20-12-14-22-54(52)58-26-18-28-60-64(58)70(63(50)57)41-69(60)47-36-46(67(8,9)10)37-49(39-47)72-48-29-30-56-55-23-15-16-27-59(55)71(61(56)40-48)62-38-44(31-32-68-62)65(2,3)4/h11-40H,41H2,1-10H3/i1D3. The van der Waals surface area contributed by atoms with Gasteiger partial charge in [0.1, 0.15) is 24.0 Å². The Hall–Kier alpha value is -7.89. The number of pyridine rings is 1. The highest BCUT2D eigenvalue weighted by atomic mass is 16.5. The summed E-state index contributed by atoms with van der Waals surface area (Å²) in [6.07, 6.45) is 1.92. The fourth-order valence-electron chi connectivity index (χ4n) is 11.0. The number of aryl methyl sites for hydroxylation is 1. The van der Waals surface area contributed by atoms with E-state index in [2.05, 4.69) is 240 Å². The molecule has 0 unspecified atom stereocenters. The van der Waals surface area contributed by atoms with Crippen molar-refractivity contribution in [1.82, 2.24) is 14.1 Å². The Kier molecular flexibility index (Phi) is 9.65. The van der Waals surface area contributed by atoms with Gasteiger partial charge in [-0.05, 0) is 115 Å². The average Bonchev–Trinajstić information content (AvgIpc) is 3.94. The molecular weight excluding hydrogens is 877 g/mol. The van der Waals surface area contributed by atoms with Crippen molar-refractivity contribution in [2.24, 2.45) is 0 Å². The van der Waals surface area contributed by atoms with E-state index < -0.39 is 6.85 Å². The Balaban J connectivity index is 1.10. The van der Waals surface area contributed by atoms with Crippen molar-refractivity contribution in [3.8, 4) is 28.4 Å². The molecule has 12 rings (SSSR count). The maximum absolute atomic E-state index is 8.67. The molecule has 0 saturated heterocycles. The number of fused-ring (bicyclic) bond motifs is 10. The predicted molar refractivity (Wildman–Crippen MR) is 306 cm³/mol. The van der Waals surface area contributed by atoms with E-state index in [1.54, 1.807) is 0 Å². The first-order chi connectivity index (χ1) is 35.7. The van der Waals surface area contributed by atoms with E-state index in [4.69, 9.17) is 13.8 Å². The fraction of sp³-hybridized carbons (Fsp3) is 0.209. The van der Waals surface area contributed by atoms with Crippen molar-refractivity contribution >= 4 is 76.5 Å². The van der Waals surface area contributed by atoms with E-state index in [0.717, 1.165) is 116 Å². The summed E-state index contributed by atoms with van der Waals surface area (Å²) >= 11 is 0. The Labute approximate surface area is 427 Å². The van der Waals surface area contributed by atoms with E-state index in [1.807, 2.05) is 18.3 Å². The number of anilines is 2. The van der Waals surface area contributed by atoms with Crippen molar-refractivity contribution in [2.75, 3.05) is 4.90 Å². The molecule has 72 heavy (non-hydrogen) atoms. The minimum absolute atomic E-state index is 0.0461. The first kappa shape index (κ1) is 41.9. The number of hydrogen-bond acceptors (Lipinski definition) is 3. The second-order valence-electron chi connectivity index (χ2n) is 22.8. The molecule has 1 aliphatic rings. The Bertz CT molecular complexity index is 4160. The molecule has 0 radical (unpaired) electrons. The van der Waals surface area contributed by atoms with Crippen LogP contribution in [-0.2, 0) is 22.9 Å². The average molecular weight is 942 g/mol. The molecule has 1 aliphatic heterocycles. The van der Waals surface area contributed by atoms with E-state index >= 15 is 0 Å². The predicted octanol–water partition coefficient (Wildman–Crippen LogP) is 18.5. The van der Waals surface area contributed by atoms with Gasteiger partial charge in [0.15, 0.2) is 0 Å². The molecule has 8 aromatic carbocycles. The lowest BCUT2D eigenvalue weighted by molar-refractivity contribution is 0.479. The van der Waals surface area contributed by atoms with Gasteiger partial charge in [-0.25, -0.2) is 4.98 Å². The summed E-state index contributed by atoms with van der Waals surface area (Å²) in [6, 6.07) is 62.6. The van der Waals surface area contributed by atoms with Crippen molar-refractivity contribution in [3.63, 3.8) is 0 Å². The van der Waals surface area contributed by atoms with E-state index in [0.29, 0.717) is 12.2 Å². The molecule has 3 aromatic heterocycles. The summed E-state index contributed by atoms with van der Waals surface area (Å²) in [4.78, 5) is 7.36. The van der Waals surface area contributed by atoms with Gasteiger partial charge < -0.3 is 14.2 Å². The van der Waals surface area contributed by atoms with Gasteiger partial charge in [-0.15, -0.1) is 0 Å². The van der Waals surface area contributed by atoms with Crippen LogP contribution in [0.1, 0.15) is 88.7 Å².